The van der Waals surface area contributed by atoms with Crippen LogP contribution in [0.4, 0.5) is 0 Å². The summed E-state index contributed by atoms with van der Waals surface area (Å²) in [5.74, 6) is 0. The lowest BCUT2D eigenvalue weighted by atomic mass is 9.81. The lowest BCUT2D eigenvalue weighted by Crippen LogP contribution is -2.44. The average molecular weight is 225 g/mol. The molecule has 2 atom stereocenters. The van der Waals surface area contributed by atoms with Crippen LogP contribution in [0.5, 0.6) is 0 Å². The van der Waals surface area contributed by atoms with Crippen LogP contribution in [0.15, 0.2) is 4.63 Å². The van der Waals surface area contributed by atoms with Crippen LogP contribution in [-0.4, -0.2) is 36.7 Å². The molecule has 7 nitrogen and oxygen atoms in total. The van der Waals surface area contributed by atoms with Crippen LogP contribution in [0.1, 0.15) is 31.2 Å². The number of nitrogens with two attached hydrogens (primary N) is 1. The Bertz CT molecular complexity index is 493. The van der Waals surface area contributed by atoms with Crippen molar-refractivity contribution in [3.63, 3.8) is 0 Å². The first-order valence-electron chi connectivity index (χ1n) is 5.14. The van der Waals surface area contributed by atoms with E-state index in [-0.39, 0.29) is 6.42 Å². The van der Waals surface area contributed by atoms with Gasteiger partial charge >= 0.3 is 0 Å². The van der Waals surface area contributed by atoms with Gasteiger partial charge in [-0.05, 0) is 4.74 Å². The molecule has 86 valence electrons. The topological polar surface area (TPSA) is 108 Å². The van der Waals surface area contributed by atoms with Gasteiger partial charge < -0.3 is 5.11 Å². The zero-order valence-electron chi connectivity index (χ0n) is 8.84. The van der Waals surface area contributed by atoms with Gasteiger partial charge in [0, 0.05) is 19.8 Å². The summed E-state index contributed by atoms with van der Waals surface area (Å²) in [5, 5.41) is 27.9. The number of aromatic nitrogens is 2. The minimum Gasteiger partial charge on any atom is -0.373 e. The number of fused-ring (bicyclic) bond motifs is 3. The second-order valence-electron chi connectivity index (χ2n) is 4.71. The van der Waals surface area contributed by atoms with Crippen LogP contribution >= 0.6 is 0 Å². The molecule has 0 amide bonds. The maximum Gasteiger partial charge on any atom is 0.263 e. The number of aliphatic hydroxyl groups is 1. The predicted molar refractivity (Wildman–Crippen MR) is 50.8 cm³/mol. The molecular formula is C9H13N4O3+. The summed E-state index contributed by atoms with van der Waals surface area (Å²) in [6.45, 7) is 1.66. The molecule has 1 aliphatic heterocycles. The summed E-state index contributed by atoms with van der Waals surface area (Å²) in [5.41, 5.74) is 5.06. The molecule has 0 saturated carbocycles. The largest absolute Gasteiger partial charge is 0.373 e. The molecule has 0 radical (unpaired) electrons. The first-order chi connectivity index (χ1) is 7.45. The Labute approximate surface area is 91.1 Å². The van der Waals surface area contributed by atoms with Gasteiger partial charge in [-0.3, -0.25) is 10.9 Å². The second-order valence-corrected chi connectivity index (χ2v) is 4.71. The van der Waals surface area contributed by atoms with Gasteiger partial charge in [-0.2, -0.15) is 0 Å². The third-order valence-electron chi connectivity index (χ3n) is 3.38. The number of hydroxylamine groups is 1. The normalized spacial score (nSPS) is 37.4. The first-order valence-corrected chi connectivity index (χ1v) is 5.14. The van der Waals surface area contributed by atoms with Crippen molar-refractivity contribution in [1.29, 1.82) is 0 Å². The molecule has 1 aromatic heterocycles. The standard InChI is InChI=1S/C9H13N4O3/c1-8(10)4-9(14)6(13(8)15)3-2-5-7(9)12-16-11-5/h14-15H,2-4,10H2,1H3/q+1. The number of hydrogen-bond acceptors (Lipinski definition) is 6. The minimum absolute atomic E-state index is 0.174. The summed E-state index contributed by atoms with van der Waals surface area (Å²) in [6.07, 6.45) is 1.26. The molecule has 2 unspecified atom stereocenters. The van der Waals surface area contributed by atoms with Gasteiger partial charge in [-0.15, -0.1) is 0 Å². The van der Waals surface area contributed by atoms with E-state index >= 15 is 0 Å². The van der Waals surface area contributed by atoms with Crippen molar-refractivity contribution in [1.82, 2.24) is 10.3 Å². The quantitative estimate of drug-likeness (QED) is 0.391. The molecule has 1 aliphatic carbocycles. The van der Waals surface area contributed by atoms with E-state index in [1.54, 1.807) is 6.92 Å². The molecular weight excluding hydrogens is 212 g/mol. The molecule has 3 rings (SSSR count). The second kappa shape index (κ2) is 2.61. The monoisotopic (exact) mass is 225 g/mol. The Morgan fingerprint density at radius 1 is 1.44 bits per heavy atom. The molecule has 16 heavy (non-hydrogen) atoms. The predicted octanol–water partition coefficient (Wildman–Crippen LogP) is -0.875. The van der Waals surface area contributed by atoms with Gasteiger partial charge in [0.1, 0.15) is 5.69 Å². The maximum atomic E-state index is 10.6. The summed E-state index contributed by atoms with van der Waals surface area (Å²) < 4.78 is 5.58. The van der Waals surface area contributed by atoms with Gasteiger partial charge in [0.05, 0.1) is 6.42 Å². The van der Waals surface area contributed by atoms with Crippen LogP contribution in [0.2, 0.25) is 0 Å². The SMILES string of the molecule is CC1(N)CC2(O)C(=[N+]1O)CCc1nonc12. The van der Waals surface area contributed by atoms with Gasteiger partial charge in [-0.25, -0.2) is 4.63 Å². The highest BCUT2D eigenvalue weighted by atomic mass is 16.6. The molecule has 4 N–H and O–H groups in total. The van der Waals surface area contributed by atoms with Crippen LogP contribution in [0.25, 0.3) is 0 Å². The highest BCUT2D eigenvalue weighted by Gasteiger charge is 2.62. The van der Waals surface area contributed by atoms with Crippen molar-refractivity contribution < 1.29 is 19.7 Å². The van der Waals surface area contributed by atoms with Gasteiger partial charge in [0.15, 0.2) is 5.69 Å². The summed E-state index contributed by atoms with van der Waals surface area (Å²) >= 11 is 0. The lowest BCUT2D eigenvalue weighted by molar-refractivity contribution is -0.819. The van der Waals surface area contributed by atoms with E-state index in [2.05, 4.69) is 14.9 Å². The van der Waals surface area contributed by atoms with Gasteiger partial charge in [0.2, 0.25) is 11.3 Å². The van der Waals surface area contributed by atoms with Gasteiger partial charge in [-0.1, -0.05) is 10.3 Å². The van der Waals surface area contributed by atoms with E-state index in [0.29, 0.717) is 29.9 Å². The first kappa shape index (κ1) is 9.73. The van der Waals surface area contributed by atoms with Crippen molar-refractivity contribution in [2.24, 2.45) is 5.73 Å². The Morgan fingerprint density at radius 3 is 2.94 bits per heavy atom. The third kappa shape index (κ3) is 0.966. The molecule has 0 fully saturated rings. The summed E-state index contributed by atoms with van der Waals surface area (Å²) in [7, 11) is 0. The van der Waals surface area contributed by atoms with E-state index < -0.39 is 11.3 Å². The fourth-order valence-electron chi connectivity index (χ4n) is 2.63. The lowest BCUT2D eigenvalue weighted by Gasteiger charge is -2.21. The van der Waals surface area contributed by atoms with Crippen molar-refractivity contribution in [2.75, 3.05) is 0 Å². The molecule has 1 aromatic rings. The molecule has 0 spiro atoms. The number of rotatable bonds is 0. The molecule has 7 heteroatoms. The van der Waals surface area contributed by atoms with Gasteiger partial charge in [0.25, 0.3) is 5.66 Å². The van der Waals surface area contributed by atoms with Crippen LogP contribution < -0.4 is 5.73 Å². The molecule has 0 bridgehead atoms. The average Bonchev–Trinajstić information content (AvgIpc) is 2.70. The van der Waals surface area contributed by atoms with E-state index in [1.165, 1.54) is 0 Å². The van der Waals surface area contributed by atoms with Crippen LogP contribution in [0, 0.1) is 0 Å². The minimum atomic E-state index is -1.34. The molecule has 0 aromatic carbocycles. The van der Waals surface area contributed by atoms with E-state index in [9.17, 15) is 10.3 Å². The number of hydrogen-bond donors (Lipinski definition) is 3. The van der Waals surface area contributed by atoms with E-state index in [4.69, 9.17) is 5.73 Å². The summed E-state index contributed by atoms with van der Waals surface area (Å²) in [6, 6.07) is 0. The molecule has 2 aliphatic rings. The number of nitrogens with zero attached hydrogens (tertiary/aromatic N) is 3. The van der Waals surface area contributed by atoms with Crippen molar-refractivity contribution >= 4 is 5.71 Å². The van der Waals surface area contributed by atoms with Crippen LogP contribution in [-0.2, 0) is 12.0 Å². The zero-order valence-corrected chi connectivity index (χ0v) is 8.84. The smallest absolute Gasteiger partial charge is 0.263 e. The maximum absolute atomic E-state index is 10.6. The Hall–Kier alpha value is -1.47. The molecule has 0 saturated heterocycles. The van der Waals surface area contributed by atoms with Crippen LogP contribution in [0.3, 0.4) is 0 Å². The fraction of sp³-hybridized carbons (Fsp3) is 0.667. The zero-order chi connectivity index (χ0) is 11.6. The fourth-order valence-corrected chi connectivity index (χ4v) is 2.63. The van der Waals surface area contributed by atoms with Crippen molar-refractivity contribution in [2.45, 2.75) is 37.5 Å². The Balaban J connectivity index is 2.22. The third-order valence-corrected chi connectivity index (χ3v) is 3.38. The number of aryl methyl sites for hydroxylation is 1. The van der Waals surface area contributed by atoms with E-state index in [1.807, 2.05) is 0 Å². The summed E-state index contributed by atoms with van der Waals surface area (Å²) in [4.78, 5) is 0. The Morgan fingerprint density at radius 2 is 2.19 bits per heavy atom. The highest BCUT2D eigenvalue weighted by Crippen LogP contribution is 2.41. The molecule has 2 heterocycles. The highest BCUT2D eigenvalue weighted by molar-refractivity contribution is 5.91. The van der Waals surface area contributed by atoms with Crippen molar-refractivity contribution in [3.05, 3.63) is 11.4 Å². The Kier molecular flexibility index (Phi) is 1.59. The van der Waals surface area contributed by atoms with E-state index in [0.717, 1.165) is 4.74 Å². The van der Waals surface area contributed by atoms with Crippen molar-refractivity contribution in [3.8, 4) is 0 Å².